The Morgan fingerprint density at radius 3 is 2.46 bits per heavy atom. The van der Waals surface area contributed by atoms with E-state index < -0.39 is 0 Å². The largest absolute Gasteiger partial charge is 0.494 e. The number of piperidine rings is 1. The van der Waals surface area contributed by atoms with E-state index in [1.807, 2.05) is 35.2 Å². The van der Waals surface area contributed by atoms with Crippen LogP contribution in [0.5, 0.6) is 5.75 Å². The maximum absolute atomic E-state index is 12.1. The summed E-state index contributed by atoms with van der Waals surface area (Å²) in [5.41, 5.74) is 2.33. The number of likely N-dealkylation sites (tertiary alicyclic amines) is 1. The maximum Gasteiger partial charge on any atom is 0.222 e. The summed E-state index contributed by atoms with van der Waals surface area (Å²) in [5, 5.41) is 0. The van der Waals surface area contributed by atoms with Gasteiger partial charge < -0.3 is 9.64 Å². The van der Waals surface area contributed by atoms with E-state index >= 15 is 0 Å². The van der Waals surface area contributed by atoms with Crippen molar-refractivity contribution in [3.8, 4) is 16.9 Å². The van der Waals surface area contributed by atoms with Gasteiger partial charge in [0.1, 0.15) is 5.75 Å². The fourth-order valence-electron chi connectivity index (χ4n) is 3.11. The molecule has 0 radical (unpaired) electrons. The third-order valence-electron chi connectivity index (χ3n) is 4.45. The Balaban J connectivity index is 1.46. The van der Waals surface area contributed by atoms with Gasteiger partial charge in [-0.05, 0) is 48.9 Å². The van der Waals surface area contributed by atoms with Gasteiger partial charge in [-0.2, -0.15) is 0 Å². The van der Waals surface area contributed by atoms with Crippen LogP contribution in [0.4, 0.5) is 0 Å². The van der Waals surface area contributed by atoms with Crippen LogP contribution >= 0.6 is 0 Å². The van der Waals surface area contributed by atoms with Crippen molar-refractivity contribution in [2.45, 2.75) is 32.1 Å². The summed E-state index contributed by atoms with van der Waals surface area (Å²) in [6.07, 6.45) is 4.90. The Morgan fingerprint density at radius 1 is 0.917 bits per heavy atom. The molecule has 1 saturated heterocycles. The quantitative estimate of drug-likeness (QED) is 0.731. The fourth-order valence-corrected chi connectivity index (χ4v) is 3.11. The molecular weight excluding hydrogens is 298 g/mol. The minimum absolute atomic E-state index is 0.274. The minimum Gasteiger partial charge on any atom is -0.494 e. The third kappa shape index (κ3) is 4.60. The molecule has 1 aliphatic heterocycles. The Bertz CT molecular complexity index is 648. The van der Waals surface area contributed by atoms with Gasteiger partial charge in [0.25, 0.3) is 0 Å². The number of carbonyl (C=O) groups excluding carboxylic acids is 1. The summed E-state index contributed by atoms with van der Waals surface area (Å²) in [6, 6.07) is 18.4. The van der Waals surface area contributed by atoms with Gasteiger partial charge in [0, 0.05) is 19.5 Å². The predicted octanol–water partition coefficient (Wildman–Crippen LogP) is 4.53. The lowest BCUT2D eigenvalue weighted by atomic mass is 10.1. The van der Waals surface area contributed by atoms with Crippen LogP contribution in [0, 0.1) is 0 Å². The predicted molar refractivity (Wildman–Crippen MR) is 97.0 cm³/mol. The fraction of sp³-hybridized carbons (Fsp3) is 0.381. The van der Waals surface area contributed by atoms with Gasteiger partial charge in [0.15, 0.2) is 0 Å². The van der Waals surface area contributed by atoms with Crippen molar-refractivity contribution >= 4 is 5.91 Å². The third-order valence-corrected chi connectivity index (χ3v) is 4.45. The van der Waals surface area contributed by atoms with Crippen molar-refractivity contribution < 1.29 is 9.53 Å². The number of amides is 1. The lowest BCUT2D eigenvalue weighted by Crippen LogP contribution is -2.35. The Kier molecular flexibility index (Phi) is 5.89. The first kappa shape index (κ1) is 16.6. The van der Waals surface area contributed by atoms with Crippen LogP contribution in [-0.4, -0.2) is 30.5 Å². The van der Waals surface area contributed by atoms with E-state index in [-0.39, 0.29) is 5.91 Å². The highest BCUT2D eigenvalue weighted by molar-refractivity contribution is 5.76. The van der Waals surface area contributed by atoms with E-state index in [0.29, 0.717) is 13.0 Å². The van der Waals surface area contributed by atoms with E-state index in [9.17, 15) is 4.79 Å². The van der Waals surface area contributed by atoms with Crippen LogP contribution in [0.15, 0.2) is 54.6 Å². The molecule has 3 rings (SSSR count). The summed E-state index contributed by atoms with van der Waals surface area (Å²) < 4.78 is 5.84. The number of benzene rings is 2. The molecule has 1 amide bonds. The molecule has 0 spiro atoms. The molecule has 0 aromatic heterocycles. The van der Waals surface area contributed by atoms with E-state index in [1.165, 1.54) is 12.0 Å². The number of hydrogen-bond donors (Lipinski definition) is 0. The van der Waals surface area contributed by atoms with Crippen LogP contribution in [-0.2, 0) is 4.79 Å². The standard InChI is InChI=1S/C21H25NO2/c23-21(22-14-5-2-6-15-22)13-8-16-24-20-12-7-11-19(17-20)18-9-3-1-4-10-18/h1,3-4,7,9-12,17H,2,5-6,8,13-16H2. The second-order valence-corrected chi connectivity index (χ2v) is 6.29. The lowest BCUT2D eigenvalue weighted by molar-refractivity contribution is -0.132. The van der Waals surface area contributed by atoms with Crippen LogP contribution in [0.25, 0.3) is 11.1 Å². The van der Waals surface area contributed by atoms with Crippen LogP contribution in [0.1, 0.15) is 32.1 Å². The number of carbonyl (C=O) groups is 1. The first-order valence-electron chi connectivity index (χ1n) is 8.89. The van der Waals surface area contributed by atoms with Gasteiger partial charge >= 0.3 is 0 Å². The second-order valence-electron chi connectivity index (χ2n) is 6.29. The van der Waals surface area contributed by atoms with E-state index in [2.05, 4.69) is 24.3 Å². The highest BCUT2D eigenvalue weighted by Crippen LogP contribution is 2.23. The topological polar surface area (TPSA) is 29.5 Å². The zero-order valence-corrected chi connectivity index (χ0v) is 14.1. The van der Waals surface area contributed by atoms with E-state index in [1.54, 1.807) is 0 Å². The molecular formula is C21H25NO2. The van der Waals surface area contributed by atoms with Crippen molar-refractivity contribution in [2.75, 3.05) is 19.7 Å². The molecule has 3 nitrogen and oxygen atoms in total. The summed E-state index contributed by atoms with van der Waals surface area (Å²) in [6.45, 7) is 2.44. The molecule has 126 valence electrons. The van der Waals surface area contributed by atoms with Gasteiger partial charge in [-0.25, -0.2) is 0 Å². The average molecular weight is 323 g/mol. The summed E-state index contributed by atoms with van der Waals surface area (Å²) >= 11 is 0. The molecule has 2 aromatic carbocycles. The van der Waals surface area contributed by atoms with Crippen LogP contribution in [0.3, 0.4) is 0 Å². The second kappa shape index (κ2) is 8.53. The Morgan fingerprint density at radius 2 is 1.67 bits per heavy atom. The van der Waals surface area contributed by atoms with Crippen molar-refractivity contribution in [1.82, 2.24) is 4.90 Å². The number of hydrogen-bond acceptors (Lipinski definition) is 2. The smallest absolute Gasteiger partial charge is 0.222 e. The summed E-state index contributed by atoms with van der Waals surface area (Å²) in [7, 11) is 0. The highest BCUT2D eigenvalue weighted by Gasteiger charge is 2.15. The van der Waals surface area contributed by atoms with Gasteiger partial charge in [-0.3, -0.25) is 4.79 Å². The zero-order valence-electron chi connectivity index (χ0n) is 14.1. The Hall–Kier alpha value is -2.29. The van der Waals surface area contributed by atoms with E-state index in [4.69, 9.17) is 4.74 Å². The Labute approximate surface area is 144 Å². The first-order chi connectivity index (χ1) is 11.8. The maximum atomic E-state index is 12.1. The van der Waals surface area contributed by atoms with Crippen LogP contribution < -0.4 is 4.74 Å². The van der Waals surface area contributed by atoms with Crippen molar-refractivity contribution in [1.29, 1.82) is 0 Å². The molecule has 1 heterocycles. The van der Waals surface area contributed by atoms with Gasteiger partial charge in [0.2, 0.25) is 5.91 Å². The molecule has 0 atom stereocenters. The average Bonchev–Trinajstić information content (AvgIpc) is 2.67. The normalized spacial score (nSPS) is 14.4. The highest BCUT2D eigenvalue weighted by atomic mass is 16.5. The monoisotopic (exact) mass is 323 g/mol. The lowest BCUT2D eigenvalue weighted by Gasteiger charge is -2.26. The molecule has 1 fully saturated rings. The van der Waals surface area contributed by atoms with Gasteiger partial charge in [-0.1, -0.05) is 42.5 Å². The zero-order chi connectivity index (χ0) is 16.6. The molecule has 0 saturated carbocycles. The molecule has 0 aliphatic carbocycles. The minimum atomic E-state index is 0.274. The van der Waals surface area contributed by atoms with Crippen LogP contribution in [0.2, 0.25) is 0 Å². The van der Waals surface area contributed by atoms with Crippen molar-refractivity contribution in [3.63, 3.8) is 0 Å². The molecule has 3 heteroatoms. The summed E-state index contributed by atoms with van der Waals surface area (Å²) in [5.74, 6) is 1.14. The van der Waals surface area contributed by atoms with Crippen molar-refractivity contribution in [3.05, 3.63) is 54.6 Å². The molecule has 0 bridgehead atoms. The molecule has 1 aliphatic rings. The molecule has 2 aromatic rings. The van der Waals surface area contributed by atoms with Gasteiger partial charge in [-0.15, -0.1) is 0 Å². The van der Waals surface area contributed by atoms with Gasteiger partial charge in [0.05, 0.1) is 6.61 Å². The van der Waals surface area contributed by atoms with E-state index in [0.717, 1.165) is 43.7 Å². The first-order valence-corrected chi connectivity index (χ1v) is 8.89. The number of nitrogens with zero attached hydrogens (tertiary/aromatic N) is 1. The number of rotatable bonds is 6. The van der Waals surface area contributed by atoms with Crippen molar-refractivity contribution in [2.24, 2.45) is 0 Å². The molecule has 0 N–H and O–H groups in total. The molecule has 0 unspecified atom stereocenters. The SMILES string of the molecule is O=C(CCCOc1cccc(-c2ccccc2)c1)N1CCCCC1. The molecule has 24 heavy (non-hydrogen) atoms. The summed E-state index contributed by atoms with van der Waals surface area (Å²) in [4.78, 5) is 14.1. The number of ether oxygens (including phenoxy) is 1.